The summed E-state index contributed by atoms with van der Waals surface area (Å²) in [5.41, 5.74) is -10.1. The Kier molecular flexibility index (Phi) is 6.70. The van der Waals surface area contributed by atoms with Crippen LogP contribution in [-0.4, -0.2) is 54.8 Å². The molecule has 194 valence electrons. The fourth-order valence-corrected chi connectivity index (χ4v) is 6.68. The van der Waals surface area contributed by atoms with E-state index in [9.17, 15) is 39.6 Å². The van der Waals surface area contributed by atoms with Crippen LogP contribution in [0.1, 0.15) is 54.4 Å². The van der Waals surface area contributed by atoms with Crippen LogP contribution in [0.2, 0.25) is 0 Å². The molecule has 8 heteroatoms. The number of carbonyl (C=O) groups is 4. The molecule has 0 amide bonds. The number of allylic oxidation sites excluding steroid dienone is 7. The van der Waals surface area contributed by atoms with Crippen LogP contribution in [0, 0.1) is 22.7 Å². The average molecular weight is 499 g/mol. The normalized spacial score (nSPS) is 40.2. The first kappa shape index (κ1) is 27.5. The van der Waals surface area contributed by atoms with Crippen molar-refractivity contribution < 1.29 is 39.6 Å². The van der Waals surface area contributed by atoms with Gasteiger partial charge >= 0.3 is 0 Å². The van der Waals surface area contributed by atoms with Gasteiger partial charge in [0, 0.05) is 29.4 Å². The third kappa shape index (κ3) is 3.13. The van der Waals surface area contributed by atoms with Crippen molar-refractivity contribution in [1.82, 2.24) is 0 Å². The number of rotatable bonds is 6. The van der Waals surface area contributed by atoms with Gasteiger partial charge < -0.3 is 20.4 Å². The molecule has 6 atom stereocenters. The summed E-state index contributed by atoms with van der Waals surface area (Å²) in [5.74, 6) is -8.20. The van der Waals surface area contributed by atoms with Crippen molar-refractivity contribution in [3.8, 4) is 0 Å². The molecule has 0 aromatic heterocycles. The Labute approximate surface area is 210 Å². The van der Waals surface area contributed by atoms with Crippen molar-refractivity contribution in [2.75, 3.05) is 0 Å². The van der Waals surface area contributed by atoms with Crippen molar-refractivity contribution in [2.45, 2.75) is 65.6 Å². The zero-order chi connectivity index (χ0) is 27.4. The minimum atomic E-state index is -2.44. The lowest BCUT2D eigenvalue weighted by molar-refractivity contribution is -0.223. The molecule has 3 fully saturated rings. The molecule has 8 nitrogen and oxygen atoms in total. The molecule has 0 aliphatic heterocycles. The van der Waals surface area contributed by atoms with E-state index in [0.717, 1.165) is 13.8 Å². The molecule has 0 radical (unpaired) electrons. The first-order chi connectivity index (χ1) is 16.6. The molecule has 4 aliphatic carbocycles. The van der Waals surface area contributed by atoms with Crippen LogP contribution in [0.25, 0.3) is 0 Å². The van der Waals surface area contributed by atoms with E-state index in [1.165, 1.54) is 26.0 Å². The van der Waals surface area contributed by atoms with Crippen LogP contribution in [0.15, 0.2) is 59.1 Å². The minimum Gasteiger partial charge on any atom is -0.509 e. The number of hydrogen-bond donors (Lipinski definition) is 4. The highest BCUT2D eigenvalue weighted by Gasteiger charge is 2.85. The van der Waals surface area contributed by atoms with Crippen LogP contribution in [0.4, 0.5) is 0 Å². The predicted molar refractivity (Wildman–Crippen MR) is 132 cm³/mol. The molecule has 4 N–H and O–H groups in total. The lowest BCUT2D eigenvalue weighted by Crippen LogP contribution is -2.82. The summed E-state index contributed by atoms with van der Waals surface area (Å²) in [7, 11) is 0. The molecule has 2 bridgehead atoms. The second-order valence-electron chi connectivity index (χ2n) is 10.4. The molecular weight excluding hydrogens is 464 g/mol. The van der Waals surface area contributed by atoms with E-state index in [-0.39, 0.29) is 24.0 Å². The van der Waals surface area contributed by atoms with E-state index in [2.05, 4.69) is 0 Å². The second kappa shape index (κ2) is 8.78. The number of aliphatic hydroxyl groups excluding tert-OH is 2. The quantitative estimate of drug-likeness (QED) is 0.143. The molecule has 0 heterocycles. The summed E-state index contributed by atoms with van der Waals surface area (Å²) >= 11 is 0. The summed E-state index contributed by atoms with van der Waals surface area (Å²) in [4.78, 5) is 55.9. The zero-order valence-electron chi connectivity index (χ0n) is 21.5. The van der Waals surface area contributed by atoms with Gasteiger partial charge in [-0.3, -0.25) is 19.2 Å². The number of hydrogen-bond acceptors (Lipinski definition) is 8. The Morgan fingerprint density at radius 3 is 2.14 bits per heavy atom. The van der Waals surface area contributed by atoms with Crippen LogP contribution in [-0.2, 0) is 19.2 Å². The van der Waals surface area contributed by atoms with Crippen molar-refractivity contribution in [3.05, 3.63) is 59.1 Å². The third-order valence-electron chi connectivity index (χ3n) is 8.30. The minimum absolute atomic E-state index is 0.214. The molecule has 4 aliphatic rings. The first-order valence-corrected chi connectivity index (χ1v) is 12.0. The number of carbonyl (C=O) groups excluding carboxylic acids is 4. The molecule has 0 saturated heterocycles. The lowest BCUT2D eigenvalue weighted by Gasteiger charge is -2.67. The molecule has 0 aromatic carbocycles. The number of fused-ring (bicyclic) bond motifs is 2. The van der Waals surface area contributed by atoms with E-state index < -0.39 is 68.5 Å². The molecule has 3 saturated carbocycles. The summed E-state index contributed by atoms with van der Waals surface area (Å²) in [6, 6.07) is 0. The van der Waals surface area contributed by atoms with Gasteiger partial charge in [-0.15, -0.1) is 0 Å². The van der Waals surface area contributed by atoms with Gasteiger partial charge in [0.05, 0.1) is 0 Å². The van der Waals surface area contributed by atoms with Gasteiger partial charge in [-0.2, -0.15) is 0 Å². The molecule has 36 heavy (non-hydrogen) atoms. The molecule has 0 aromatic rings. The number of aliphatic hydroxyl groups is 4. The summed E-state index contributed by atoms with van der Waals surface area (Å²) in [6.07, 6.45) is 9.31. The second-order valence-corrected chi connectivity index (χ2v) is 10.4. The maximum absolute atomic E-state index is 14.0. The van der Waals surface area contributed by atoms with Crippen LogP contribution in [0.3, 0.4) is 0 Å². The van der Waals surface area contributed by atoms with Crippen molar-refractivity contribution >= 4 is 23.1 Å². The van der Waals surface area contributed by atoms with E-state index in [4.69, 9.17) is 0 Å². The monoisotopic (exact) mass is 498 g/mol. The number of Topliss-reactive ketones (excluding diaryl/α,β-unsaturated/α-hetero) is 4. The van der Waals surface area contributed by atoms with Crippen molar-refractivity contribution in [3.63, 3.8) is 0 Å². The van der Waals surface area contributed by atoms with Gasteiger partial charge in [0.25, 0.3) is 0 Å². The lowest BCUT2D eigenvalue weighted by atomic mass is 9.32. The summed E-state index contributed by atoms with van der Waals surface area (Å²) < 4.78 is 0. The molecule has 4 unspecified atom stereocenters. The zero-order valence-corrected chi connectivity index (χ0v) is 21.5. The molecule has 4 rings (SSSR count). The highest BCUT2D eigenvalue weighted by atomic mass is 16.3. The number of ketones is 4. The van der Waals surface area contributed by atoms with Gasteiger partial charge in [0.2, 0.25) is 0 Å². The van der Waals surface area contributed by atoms with Crippen molar-refractivity contribution in [1.29, 1.82) is 0 Å². The van der Waals surface area contributed by atoms with Gasteiger partial charge in [-0.1, -0.05) is 30.4 Å². The molecule has 0 spiro atoms. The van der Waals surface area contributed by atoms with Crippen molar-refractivity contribution in [2.24, 2.45) is 22.7 Å². The van der Waals surface area contributed by atoms with Gasteiger partial charge in [0.1, 0.15) is 39.3 Å². The standard InChI is InChI=1S/C28H34O8/c1-7-9-11-13-16(29)18-19-20-27(6,36)21(31)15(3)22(32)28(20,17(30)14-12-10-8-2)25(4,23(18)33)24(34)26(19,5)35/h7-11,13,19-20,29,31,35-36H,12,14H2,1-6H3/b9-7+,10-8+,13-11+,18-16-/t19?,20?,25-,26?,27?,28-/m1/s1. The fraction of sp³-hybridized carbons (Fsp3) is 0.500. The maximum Gasteiger partial charge on any atom is 0.179 e. The smallest absolute Gasteiger partial charge is 0.179 e. The van der Waals surface area contributed by atoms with E-state index >= 15 is 0 Å². The Bertz CT molecular complexity index is 1190. The topological polar surface area (TPSA) is 149 Å². The largest absolute Gasteiger partial charge is 0.509 e. The van der Waals surface area contributed by atoms with Gasteiger partial charge in [-0.25, -0.2) is 0 Å². The summed E-state index contributed by atoms with van der Waals surface area (Å²) in [5, 5.41) is 45.0. The molecular formula is C28H34O8. The predicted octanol–water partition coefficient (Wildman–Crippen LogP) is 3.16. The highest BCUT2D eigenvalue weighted by molar-refractivity contribution is 6.32. The van der Waals surface area contributed by atoms with Gasteiger partial charge in [-0.05, 0) is 54.0 Å². The highest BCUT2D eigenvalue weighted by Crippen LogP contribution is 2.70. The van der Waals surface area contributed by atoms with Crippen LogP contribution < -0.4 is 0 Å². The first-order valence-electron chi connectivity index (χ1n) is 12.0. The van der Waals surface area contributed by atoms with Gasteiger partial charge in [0.15, 0.2) is 17.3 Å². The fourth-order valence-electron chi connectivity index (χ4n) is 6.68. The summed E-state index contributed by atoms with van der Waals surface area (Å²) in [6.45, 7) is 8.19. The van der Waals surface area contributed by atoms with E-state index in [0.29, 0.717) is 0 Å². The Hall–Kier alpha value is -3.10. The SMILES string of the molecule is C/C=C/C=C/C(O)=C1/C(=O)[C@]2(C)C(=O)C(C)(O)C1C1C(C)(O)C(O)=C(C)C(=O)[C@@]12C(=O)CC/C=C/C. The Morgan fingerprint density at radius 1 is 0.972 bits per heavy atom. The Balaban J connectivity index is 2.51. The van der Waals surface area contributed by atoms with Crippen LogP contribution in [0.5, 0.6) is 0 Å². The van der Waals surface area contributed by atoms with E-state index in [1.807, 2.05) is 0 Å². The van der Waals surface area contributed by atoms with Crippen LogP contribution >= 0.6 is 0 Å². The third-order valence-corrected chi connectivity index (χ3v) is 8.30. The maximum atomic E-state index is 14.0. The average Bonchev–Trinajstić information content (AvgIpc) is 2.81. The van der Waals surface area contributed by atoms with E-state index in [1.54, 1.807) is 38.2 Å². The Morgan fingerprint density at radius 2 is 1.58 bits per heavy atom.